The molecule has 3 nitrogen and oxygen atoms in total. The molecule has 0 atom stereocenters. The van der Waals surface area contributed by atoms with Crippen molar-refractivity contribution in [2.75, 3.05) is 5.88 Å². The van der Waals surface area contributed by atoms with Crippen molar-refractivity contribution < 1.29 is 4.79 Å². The van der Waals surface area contributed by atoms with Gasteiger partial charge in [0, 0.05) is 23.1 Å². The van der Waals surface area contributed by atoms with Crippen molar-refractivity contribution in [3.05, 3.63) is 52.6 Å². The maximum atomic E-state index is 11.8. The maximum Gasteiger partial charge on any atom is 0.179 e. The second-order valence-electron chi connectivity index (χ2n) is 4.89. The summed E-state index contributed by atoms with van der Waals surface area (Å²) in [5, 5.41) is 0. The standard InChI is InChI=1S/C16H19ClN2O/c1-4-13-6-5-7-18-15(13)10-19-11(2)8-14(12(19)3)16(20)9-17/h5-8H,4,9-10H2,1-3H3. The Morgan fingerprint density at radius 2 is 2.15 bits per heavy atom. The van der Waals surface area contributed by atoms with Crippen LogP contribution < -0.4 is 0 Å². The average molecular weight is 291 g/mol. The van der Waals surface area contributed by atoms with Crippen molar-refractivity contribution in [3.8, 4) is 0 Å². The fraction of sp³-hybridized carbons (Fsp3) is 0.375. The third-order valence-electron chi connectivity index (χ3n) is 3.67. The molecule has 0 saturated carbocycles. The minimum atomic E-state index is -0.0252. The summed E-state index contributed by atoms with van der Waals surface area (Å²) in [5.41, 5.74) is 5.03. The molecule has 0 N–H and O–H groups in total. The topological polar surface area (TPSA) is 34.9 Å². The monoisotopic (exact) mass is 290 g/mol. The second kappa shape index (κ2) is 6.23. The van der Waals surface area contributed by atoms with Gasteiger partial charge in [0.2, 0.25) is 0 Å². The lowest BCUT2D eigenvalue weighted by atomic mass is 10.1. The van der Waals surface area contributed by atoms with Crippen molar-refractivity contribution >= 4 is 17.4 Å². The first-order valence-electron chi connectivity index (χ1n) is 6.77. The van der Waals surface area contributed by atoms with Crippen LogP contribution in [0.4, 0.5) is 0 Å². The molecular weight excluding hydrogens is 272 g/mol. The molecule has 0 aliphatic carbocycles. The van der Waals surface area contributed by atoms with Gasteiger partial charge in [0.05, 0.1) is 18.1 Å². The minimum Gasteiger partial charge on any atom is -0.342 e. The van der Waals surface area contributed by atoms with E-state index < -0.39 is 0 Å². The molecule has 2 heterocycles. The Hall–Kier alpha value is -1.61. The Morgan fingerprint density at radius 1 is 1.40 bits per heavy atom. The number of pyridine rings is 1. The van der Waals surface area contributed by atoms with Crippen LogP contribution in [-0.4, -0.2) is 21.2 Å². The molecular formula is C16H19ClN2O. The van der Waals surface area contributed by atoms with E-state index in [4.69, 9.17) is 11.6 Å². The molecule has 20 heavy (non-hydrogen) atoms. The molecule has 2 rings (SSSR count). The molecule has 0 spiro atoms. The summed E-state index contributed by atoms with van der Waals surface area (Å²) in [5.74, 6) is -0.00331. The van der Waals surface area contributed by atoms with Gasteiger partial charge in [-0.1, -0.05) is 13.0 Å². The van der Waals surface area contributed by atoms with E-state index >= 15 is 0 Å². The number of ketones is 1. The lowest BCUT2D eigenvalue weighted by Gasteiger charge is -2.12. The Morgan fingerprint density at radius 3 is 2.80 bits per heavy atom. The van der Waals surface area contributed by atoms with E-state index in [1.165, 1.54) is 5.56 Å². The van der Waals surface area contributed by atoms with E-state index in [1.54, 1.807) is 0 Å². The SMILES string of the molecule is CCc1cccnc1Cn1c(C)cc(C(=O)CCl)c1C. The number of halogens is 1. The summed E-state index contributed by atoms with van der Waals surface area (Å²) in [7, 11) is 0. The first kappa shape index (κ1) is 14.8. The summed E-state index contributed by atoms with van der Waals surface area (Å²) >= 11 is 5.66. The van der Waals surface area contributed by atoms with Crippen molar-refractivity contribution in [1.29, 1.82) is 0 Å². The predicted molar refractivity (Wildman–Crippen MR) is 81.7 cm³/mol. The summed E-state index contributed by atoms with van der Waals surface area (Å²) in [6, 6.07) is 5.97. The molecule has 2 aromatic heterocycles. The zero-order valence-electron chi connectivity index (χ0n) is 12.1. The van der Waals surface area contributed by atoms with Gasteiger partial charge in [0.15, 0.2) is 5.78 Å². The molecule has 0 saturated heterocycles. The minimum absolute atomic E-state index is 0.0219. The fourth-order valence-corrected chi connectivity index (χ4v) is 2.63. The van der Waals surface area contributed by atoms with Gasteiger partial charge >= 0.3 is 0 Å². The number of carbonyl (C=O) groups excluding carboxylic acids is 1. The first-order chi connectivity index (χ1) is 9.58. The van der Waals surface area contributed by atoms with E-state index in [0.717, 1.165) is 23.5 Å². The first-order valence-corrected chi connectivity index (χ1v) is 7.30. The average Bonchev–Trinajstić information content (AvgIpc) is 2.75. The van der Waals surface area contributed by atoms with Gasteiger partial charge in [-0.05, 0) is 38.0 Å². The van der Waals surface area contributed by atoms with Crippen molar-refractivity contribution in [2.45, 2.75) is 33.7 Å². The van der Waals surface area contributed by atoms with E-state index in [9.17, 15) is 4.79 Å². The summed E-state index contributed by atoms with van der Waals surface area (Å²) in [6.45, 7) is 6.78. The number of nitrogens with zero attached hydrogens (tertiary/aromatic N) is 2. The van der Waals surface area contributed by atoms with Gasteiger partial charge in [-0.15, -0.1) is 11.6 Å². The molecule has 0 aliphatic heterocycles. The highest BCUT2D eigenvalue weighted by molar-refractivity contribution is 6.30. The Kier molecular flexibility index (Phi) is 4.61. The quantitative estimate of drug-likeness (QED) is 0.624. The van der Waals surface area contributed by atoms with Crippen LogP contribution in [0.5, 0.6) is 0 Å². The molecule has 0 amide bonds. The molecule has 4 heteroatoms. The summed E-state index contributed by atoms with van der Waals surface area (Å²) in [4.78, 5) is 16.3. The zero-order valence-corrected chi connectivity index (χ0v) is 12.9. The number of aryl methyl sites for hydroxylation is 2. The smallest absolute Gasteiger partial charge is 0.179 e. The van der Waals surface area contributed by atoms with Gasteiger partial charge in [0.1, 0.15) is 0 Å². The van der Waals surface area contributed by atoms with Crippen LogP contribution in [-0.2, 0) is 13.0 Å². The van der Waals surface area contributed by atoms with Crippen LogP contribution in [0.15, 0.2) is 24.4 Å². The zero-order chi connectivity index (χ0) is 14.7. The molecule has 0 bridgehead atoms. The van der Waals surface area contributed by atoms with E-state index in [0.29, 0.717) is 12.1 Å². The van der Waals surface area contributed by atoms with E-state index in [-0.39, 0.29) is 11.7 Å². The molecule has 0 radical (unpaired) electrons. The Labute approximate surface area is 124 Å². The number of hydrogen-bond donors (Lipinski definition) is 0. The third kappa shape index (κ3) is 2.78. The van der Waals surface area contributed by atoms with Gasteiger partial charge in [-0.3, -0.25) is 9.78 Å². The highest BCUT2D eigenvalue weighted by Gasteiger charge is 2.15. The van der Waals surface area contributed by atoms with Gasteiger partial charge in [-0.25, -0.2) is 0 Å². The predicted octanol–water partition coefficient (Wildman–Crippen LogP) is 3.53. The number of rotatable bonds is 5. The largest absolute Gasteiger partial charge is 0.342 e. The third-order valence-corrected chi connectivity index (χ3v) is 3.91. The lowest BCUT2D eigenvalue weighted by molar-refractivity contribution is 0.102. The van der Waals surface area contributed by atoms with Crippen molar-refractivity contribution in [1.82, 2.24) is 9.55 Å². The second-order valence-corrected chi connectivity index (χ2v) is 5.16. The number of hydrogen-bond acceptors (Lipinski definition) is 2. The number of alkyl halides is 1. The van der Waals surface area contributed by atoms with Gasteiger partial charge in [-0.2, -0.15) is 0 Å². The van der Waals surface area contributed by atoms with Crippen LogP contribution in [0.1, 0.15) is 39.9 Å². The lowest BCUT2D eigenvalue weighted by Crippen LogP contribution is -2.09. The van der Waals surface area contributed by atoms with Crippen molar-refractivity contribution in [3.63, 3.8) is 0 Å². The number of Topliss-reactive ketones (excluding diaryl/α,β-unsaturated/α-hetero) is 1. The Bertz CT molecular complexity index is 631. The van der Waals surface area contributed by atoms with Crippen LogP contribution >= 0.6 is 11.6 Å². The molecule has 0 aliphatic rings. The van der Waals surface area contributed by atoms with E-state index in [2.05, 4.69) is 22.5 Å². The fourth-order valence-electron chi connectivity index (χ4n) is 2.48. The van der Waals surface area contributed by atoms with Gasteiger partial charge < -0.3 is 4.57 Å². The highest BCUT2D eigenvalue weighted by atomic mass is 35.5. The highest BCUT2D eigenvalue weighted by Crippen LogP contribution is 2.19. The number of carbonyl (C=O) groups is 1. The molecule has 0 fully saturated rings. The van der Waals surface area contributed by atoms with Crippen LogP contribution in [0.3, 0.4) is 0 Å². The van der Waals surface area contributed by atoms with Gasteiger partial charge in [0.25, 0.3) is 0 Å². The molecule has 106 valence electrons. The Balaban J connectivity index is 2.39. The maximum absolute atomic E-state index is 11.8. The summed E-state index contributed by atoms with van der Waals surface area (Å²) < 4.78 is 2.13. The van der Waals surface area contributed by atoms with Crippen molar-refractivity contribution in [2.24, 2.45) is 0 Å². The van der Waals surface area contributed by atoms with Crippen LogP contribution in [0, 0.1) is 13.8 Å². The number of aromatic nitrogens is 2. The van der Waals surface area contributed by atoms with E-state index in [1.807, 2.05) is 32.2 Å². The molecule has 0 unspecified atom stereocenters. The summed E-state index contributed by atoms with van der Waals surface area (Å²) in [6.07, 6.45) is 2.77. The normalized spacial score (nSPS) is 10.8. The van der Waals surface area contributed by atoms with Crippen LogP contribution in [0.2, 0.25) is 0 Å². The molecule has 2 aromatic rings. The molecule has 0 aromatic carbocycles. The van der Waals surface area contributed by atoms with Crippen LogP contribution in [0.25, 0.3) is 0 Å².